The van der Waals surface area contributed by atoms with E-state index in [4.69, 9.17) is 4.99 Å². The van der Waals surface area contributed by atoms with Crippen LogP contribution in [0.25, 0.3) is 0 Å². The number of aliphatic hydroxyl groups is 1. The third kappa shape index (κ3) is 8.41. The van der Waals surface area contributed by atoms with Crippen molar-refractivity contribution in [1.82, 2.24) is 15.1 Å². The summed E-state index contributed by atoms with van der Waals surface area (Å²) in [5, 5.41) is 12.8. The van der Waals surface area contributed by atoms with Gasteiger partial charge in [0.05, 0.1) is 0 Å². The van der Waals surface area contributed by atoms with Crippen molar-refractivity contribution < 1.29 is 5.11 Å². The number of nitrogens with zero attached hydrogens (tertiary/aromatic N) is 3. The molecule has 2 unspecified atom stereocenters. The van der Waals surface area contributed by atoms with Crippen molar-refractivity contribution in [3.05, 3.63) is 0 Å². The maximum Gasteiger partial charge on any atom is 0.193 e. The number of hydrogen-bond donors (Lipinski definition) is 2. The summed E-state index contributed by atoms with van der Waals surface area (Å²) in [6, 6.07) is 0. The molecule has 0 saturated carbocycles. The first kappa shape index (κ1) is 22.2. The van der Waals surface area contributed by atoms with Crippen LogP contribution in [0.15, 0.2) is 4.99 Å². The third-order valence-electron chi connectivity index (χ3n) is 5.17. The van der Waals surface area contributed by atoms with E-state index in [-0.39, 0.29) is 6.61 Å². The van der Waals surface area contributed by atoms with Gasteiger partial charge in [0.1, 0.15) is 0 Å². The van der Waals surface area contributed by atoms with Crippen LogP contribution < -0.4 is 5.32 Å². The van der Waals surface area contributed by atoms with E-state index in [2.05, 4.69) is 49.7 Å². The van der Waals surface area contributed by atoms with Gasteiger partial charge in [0.2, 0.25) is 0 Å². The molecule has 2 N–H and O–H groups in total. The molecule has 0 aromatic heterocycles. The summed E-state index contributed by atoms with van der Waals surface area (Å²) in [5.74, 6) is 2.94. The summed E-state index contributed by atoms with van der Waals surface area (Å²) in [6.45, 7) is 18.8. The van der Waals surface area contributed by atoms with E-state index >= 15 is 0 Å². The number of aliphatic imine (C=N–C) groups is 1. The van der Waals surface area contributed by atoms with Crippen molar-refractivity contribution in [1.29, 1.82) is 0 Å². The van der Waals surface area contributed by atoms with Crippen molar-refractivity contribution in [2.45, 2.75) is 53.9 Å². The van der Waals surface area contributed by atoms with Gasteiger partial charge < -0.3 is 20.2 Å². The summed E-state index contributed by atoms with van der Waals surface area (Å²) in [4.78, 5) is 9.89. The van der Waals surface area contributed by atoms with E-state index in [1.165, 1.54) is 13.0 Å². The zero-order valence-electron chi connectivity index (χ0n) is 17.3. The van der Waals surface area contributed by atoms with Gasteiger partial charge in [0, 0.05) is 39.3 Å². The largest absolute Gasteiger partial charge is 0.396 e. The van der Waals surface area contributed by atoms with Gasteiger partial charge in [-0.3, -0.25) is 4.99 Å². The van der Waals surface area contributed by atoms with Gasteiger partial charge in [-0.05, 0) is 57.0 Å². The van der Waals surface area contributed by atoms with Crippen molar-refractivity contribution in [3.8, 4) is 0 Å². The standard InChI is InChI=1S/C20H42N4O/c1-6-21-20(22-14-18(10-12-25)13-17(4)5)24-11-9-19(16-24)15-23(7-2)8-3/h17-19,25H,6-16H2,1-5H3,(H,21,22). The molecule has 0 bridgehead atoms. The zero-order chi connectivity index (χ0) is 18.7. The fourth-order valence-corrected chi connectivity index (χ4v) is 3.80. The van der Waals surface area contributed by atoms with Crippen molar-refractivity contribution in [2.75, 3.05) is 52.4 Å². The number of aliphatic hydroxyl groups excluding tert-OH is 1. The van der Waals surface area contributed by atoms with E-state index in [0.717, 1.165) is 64.0 Å². The maximum absolute atomic E-state index is 9.32. The van der Waals surface area contributed by atoms with Gasteiger partial charge in [-0.25, -0.2) is 0 Å². The van der Waals surface area contributed by atoms with Crippen LogP contribution in [0.4, 0.5) is 0 Å². The molecule has 2 atom stereocenters. The van der Waals surface area contributed by atoms with E-state index in [1.54, 1.807) is 0 Å². The Labute approximate surface area is 155 Å². The number of rotatable bonds is 11. The van der Waals surface area contributed by atoms with E-state index in [9.17, 15) is 5.11 Å². The molecule has 25 heavy (non-hydrogen) atoms. The van der Waals surface area contributed by atoms with Crippen molar-refractivity contribution in [3.63, 3.8) is 0 Å². The van der Waals surface area contributed by atoms with E-state index < -0.39 is 0 Å². The molecule has 1 aliphatic rings. The van der Waals surface area contributed by atoms with Crippen LogP contribution in [0, 0.1) is 17.8 Å². The zero-order valence-corrected chi connectivity index (χ0v) is 17.3. The molecule has 1 heterocycles. The van der Waals surface area contributed by atoms with Gasteiger partial charge >= 0.3 is 0 Å². The Bertz CT molecular complexity index is 369. The van der Waals surface area contributed by atoms with Crippen molar-refractivity contribution >= 4 is 5.96 Å². The fourth-order valence-electron chi connectivity index (χ4n) is 3.80. The van der Waals surface area contributed by atoms with Crippen LogP contribution in [0.1, 0.15) is 53.9 Å². The molecule has 0 radical (unpaired) electrons. The molecular weight excluding hydrogens is 312 g/mol. The fraction of sp³-hybridized carbons (Fsp3) is 0.950. The molecule has 1 saturated heterocycles. The van der Waals surface area contributed by atoms with E-state index in [1.807, 2.05) is 0 Å². The molecule has 1 rings (SSSR count). The molecule has 0 aromatic rings. The monoisotopic (exact) mass is 354 g/mol. The molecule has 1 fully saturated rings. The Balaban J connectivity index is 2.62. The average Bonchev–Trinajstić information content (AvgIpc) is 3.04. The lowest BCUT2D eigenvalue weighted by Crippen LogP contribution is -2.41. The number of nitrogens with one attached hydrogen (secondary N) is 1. The smallest absolute Gasteiger partial charge is 0.193 e. The second kappa shape index (κ2) is 12.5. The van der Waals surface area contributed by atoms with E-state index in [0.29, 0.717) is 11.8 Å². The summed E-state index contributed by atoms with van der Waals surface area (Å²) >= 11 is 0. The first-order valence-corrected chi connectivity index (χ1v) is 10.4. The molecule has 1 aliphatic heterocycles. The van der Waals surface area contributed by atoms with Crippen LogP contribution in [0.2, 0.25) is 0 Å². The minimum atomic E-state index is 0.263. The SMILES string of the molecule is CCNC(=NCC(CCO)CC(C)C)N1CCC(CN(CC)CC)C1. The highest BCUT2D eigenvalue weighted by molar-refractivity contribution is 5.80. The Kier molecular flexibility index (Phi) is 11.1. The van der Waals surface area contributed by atoms with Gasteiger partial charge in [0.25, 0.3) is 0 Å². The molecule has 0 aromatic carbocycles. The second-order valence-electron chi connectivity index (χ2n) is 7.79. The quantitative estimate of drug-likeness (QED) is 0.442. The van der Waals surface area contributed by atoms with Gasteiger partial charge in [-0.2, -0.15) is 0 Å². The summed E-state index contributed by atoms with van der Waals surface area (Å²) in [7, 11) is 0. The van der Waals surface area contributed by atoms with Crippen LogP contribution in [0.3, 0.4) is 0 Å². The highest BCUT2D eigenvalue weighted by Gasteiger charge is 2.26. The molecule has 148 valence electrons. The topological polar surface area (TPSA) is 51.1 Å². The third-order valence-corrected chi connectivity index (χ3v) is 5.17. The lowest BCUT2D eigenvalue weighted by Gasteiger charge is -2.25. The summed E-state index contributed by atoms with van der Waals surface area (Å²) in [5.41, 5.74) is 0. The lowest BCUT2D eigenvalue weighted by molar-refractivity contribution is 0.245. The number of likely N-dealkylation sites (tertiary alicyclic amines) is 1. The van der Waals surface area contributed by atoms with Crippen LogP contribution in [-0.2, 0) is 0 Å². The van der Waals surface area contributed by atoms with Gasteiger partial charge in [0.15, 0.2) is 5.96 Å². The highest BCUT2D eigenvalue weighted by Crippen LogP contribution is 2.19. The molecule has 0 spiro atoms. The second-order valence-corrected chi connectivity index (χ2v) is 7.79. The molecule has 0 amide bonds. The van der Waals surface area contributed by atoms with Crippen LogP contribution in [0.5, 0.6) is 0 Å². The summed E-state index contributed by atoms with van der Waals surface area (Å²) < 4.78 is 0. The Morgan fingerprint density at radius 3 is 2.56 bits per heavy atom. The van der Waals surface area contributed by atoms with Crippen LogP contribution in [-0.4, -0.2) is 73.3 Å². The average molecular weight is 355 g/mol. The Morgan fingerprint density at radius 2 is 2.00 bits per heavy atom. The predicted molar refractivity (Wildman–Crippen MR) is 108 cm³/mol. The highest BCUT2D eigenvalue weighted by atomic mass is 16.3. The molecule has 0 aliphatic carbocycles. The van der Waals surface area contributed by atoms with Gasteiger partial charge in [-0.1, -0.05) is 27.7 Å². The molecule has 5 nitrogen and oxygen atoms in total. The first-order chi connectivity index (χ1) is 12.0. The number of hydrogen-bond acceptors (Lipinski definition) is 3. The number of guanidine groups is 1. The maximum atomic E-state index is 9.32. The minimum Gasteiger partial charge on any atom is -0.396 e. The van der Waals surface area contributed by atoms with Gasteiger partial charge in [-0.15, -0.1) is 0 Å². The Hall–Kier alpha value is -0.810. The van der Waals surface area contributed by atoms with Crippen molar-refractivity contribution in [2.24, 2.45) is 22.7 Å². The molecule has 5 heteroatoms. The first-order valence-electron chi connectivity index (χ1n) is 10.4. The minimum absolute atomic E-state index is 0.263. The molecular formula is C20H42N4O. The summed E-state index contributed by atoms with van der Waals surface area (Å²) in [6.07, 6.45) is 3.24. The predicted octanol–water partition coefficient (Wildman–Crippen LogP) is 2.66. The Morgan fingerprint density at radius 1 is 1.28 bits per heavy atom. The normalized spacial score (nSPS) is 19.9. The van der Waals surface area contributed by atoms with Crippen LogP contribution >= 0.6 is 0 Å². The lowest BCUT2D eigenvalue weighted by atomic mass is 9.94.